The number of rotatable bonds is 7. The molecule has 30 heavy (non-hydrogen) atoms. The maximum Gasteiger partial charge on any atom is 0.119 e. The summed E-state index contributed by atoms with van der Waals surface area (Å²) in [5.41, 5.74) is 2.48. The largest absolute Gasteiger partial charge is 0.497 e. The van der Waals surface area contributed by atoms with Gasteiger partial charge in [0.1, 0.15) is 5.75 Å². The van der Waals surface area contributed by atoms with Crippen LogP contribution in [0.15, 0.2) is 66.7 Å². The topological polar surface area (TPSA) is 33.3 Å². The highest BCUT2D eigenvalue weighted by Gasteiger charge is 2.07. The van der Waals surface area contributed by atoms with Gasteiger partial charge in [-0.2, -0.15) is 0 Å². The van der Waals surface area contributed by atoms with E-state index in [2.05, 4.69) is 84.9 Å². The molecule has 2 unspecified atom stereocenters. The van der Waals surface area contributed by atoms with Gasteiger partial charge in [-0.05, 0) is 47.9 Å². The molecule has 0 radical (unpaired) electrons. The Morgan fingerprint density at radius 2 is 1.47 bits per heavy atom. The number of methoxy groups -OCH3 is 1. The molecule has 3 aromatic carbocycles. The van der Waals surface area contributed by atoms with Gasteiger partial charge >= 0.3 is 0 Å². The molecule has 3 rings (SSSR count). The molecule has 154 valence electrons. The van der Waals surface area contributed by atoms with Crippen molar-refractivity contribution in [1.29, 1.82) is 0 Å². The van der Waals surface area contributed by atoms with Gasteiger partial charge < -0.3 is 4.74 Å². The lowest BCUT2D eigenvalue weighted by Gasteiger charge is -2.14. The molecule has 0 amide bonds. The first kappa shape index (κ1) is 23.0. The van der Waals surface area contributed by atoms with Crippen LogP contribution in [0.5, 0.6) is 5.75 Å². The molecule has 0 spiro atoms. The summed E-state index contributed by atoms with van der Waals surface area (Å²) in [5.74, 6) is 6.03. The third kappa shape index (κ3) is 6.68. The van der Waals surface area contributed by atoms with Crippen molar-refractivity contribution >= 4 is 10.8 Å². The summed E-state index contributed by atoms with van der Waals surface area (Å²) < 4.78 is 5.14. The van der Waals surface area contributed by atoms with E-state index in [0.717, 1.165) is 5.75 Å². The fourth-order valence-corrected chi connectivity index (χ4v) is 3.19. The lowest BCUT2D eigenvalue weighted by Crippen LogP contribution is -2.18. The van der Waals surface area contributed by atoms with E-state index in [-0.39, 0.29) is 12.1 Å². The van der Waals surface area contributed by atoms with Crippen molar-refractivity contribution in [3.8, 4) is 30.4 Å². The fraction of sp³-hybridized carbons (Fsp3) is 0.259. The molecule has 2 atom stereocenters. The van der Waals surface area contributed by atoms with E-state index in [1.165, 1.54) is 21.9 Å². The number of terminal acetylenes is 2. The zero-order valence-corrected chi connectivity index (χ0v) is 18.0. The second-order valence-electron chi connectivity index (χ2n) is 6.96. The fourth-order valence-electron chi connectivity index (χ4n) is 3.19. The lowest BCUT2D eigenvalue weighted by atomic mass is 10.00. The Balaban J connectivity index is 0.000000216. The van der Waals surface area contributed by atoms with Gasteiger partial charge in [0.25, 0.3) is 0 Å². The summed E-state index contributed by atoms with van der Waals surface area (Å²) in [5, 5.41) is 9.08. The van der Waals surface area contributed by atoms with Crippen molar-refractivity contribution in [1.82, 2.24) is 10.6 Å². The van der Waals surface area contributed by atoms with Crippen LogP contribution in [-0.4, -0.2) is 20.2 Å². The van der Waals surface area contributed by atoms with E-state index in [4.69, 9.17) is 17.6 Å². The van der Waals surface area contributed by atoms with Crippen LogP contribution in [0.25, 0.3) is 10.8 Å². The summed E-state index contributed by atoms with van der Waals surface area (Å²) in [4.78, 5) is 0. The van der Waals surface area contributed by atoms with Crippen LogP contribution in [0.2, 0.25) is 0 Å². The highest BCUT2D eigenvalue weighted by Crippen LogP contribution is 2.23. The van der Waals surface area contributed by atoms with Gasteiger partial charge in [-0.1, -0.05) is 66.4 Å². The van der Waals surface area contributed by atoms with Crippen LogP contribution < -0.4 is 15.4 Å². The third-order valence-corrected chi connectivity index (χ3v) is 4.90. The number of fused-ring (bicyclic) bond motifs is 1. The maximum atomic E-state index is 5.26. The maximum absolute atomic E-state index is 5.26. The van der Waals surface area contributed by atoms with Crippen molar-refractivity contribution < 1.29 is 4.74 Å². The zero-order chi connectivity index (χ0) is 21.8. The molecule has 0 aliphatic heterocycles. The van der Waals surface area contributed by atoms with Crippen molar-refractivity contribution in [3.05, 3.63) is 77.9 Å². The van der Waals surface area contributed by atoms with Crippen molar-refractivity contribution in [3.63, 3.8) is 0 Å². The average Bonchev–Trinajstić information content (AvgIpc) is 2.81. The third-order valence-electron chi connectivity index (χ3n) is 4.90. The predicted octanol–water partition coefficient (Wildman–Crippen LogP) is 5.10. The summed E-state index contributed by atoms with van der Waals surface area (Å²) in [6, 6.07) is 23.3. The SMILES string of the molecule is C#CCNC(C)c1cccc(OC)c1.C#CCNC(C)c1cccc2ccccc12. The van der Waals surface area contributed by atoms with E-state index >= 15 is 0 Å². The Morgan fingerprint density at radius 3 is 2.17 bits per heavy atom. The highest BCUT2D eigenvalue weighted by atomic mass is 16.5. The Labute approximate surface area is 180 Å². The van der Waals surface area contributed by atoms with Crippen molar-refractivity contribution in [2.24, 2.45) is 0 Å². The molecule has 0 aromatic heterocycles. The first-order chi connectivity index (χ1) is 14.6. The predicted molar refractivity (Wildman–Crippen MR) is 127 cm³/mol. The Kier molecular flexibility index (Phi) is 9.49. The summed E-state index contributed by atoms with van der Waals surface area (Å²) in [7, 11) is 1.67. The second kappa shape index (κ2) is 12.3. The monoisotopic (exact) mass is 398 g/mol. The molecule has 0 fully saturated rings. The number of nitrogens with one attached hydrogen (secondary N) is 2. The quantitative estimate of drug-likeness (QED) is 0.543. The minimum absolute atomic E-state index is 0.251. The average molecular weight is 399 g/mol. The van der Waals surface area contributed by atoms with E-state index < -0.39 is 0 Å². The first-order valence-corrected chi connectivity index (χ1v) is 10.1. The lowest BCUT2D eigenvalue weighted by molar-refractivity contribution is 0.413. The van der Waals surface area contributed by atoms with Crippen molar-refractivity contribution in [2.75, 3.05) is 20.2 Å². The van der Waals surface area contributed by atoms with Crippen LogP contribution >= 0.6 is 0 Å². The second-order valence-corrected chi connectivity index (χ2v) is 6.96. The van der Waals surface area contributed by atoms with Gasteiger partial charge in [-0.3, -0.25) is 10.6 Å². The van der Waals surface area contributed by atoms with Crippen LogP contribution in [0, 0.1) is 24.7 Å². The Bertz CT molecular complexity index is 1010. The molecule has 0 aliphatic rings. The minimum atomic E-state index is 0.251. The van der Waals surface area contributed by atoms with Gasteiger partial charge in [0.05, 0.1) is 20.2 Å². The van der Waals surface area contributed by atoms with Gasteiger partial charge in [0, 0.05) is 12.1 Å². The molecular formula is C27H30N2O. The molecule has 0 heterocycles. The molecule has 3 nitrogen and oxygen atoms in total. The van der Waals surface area contributed by atoms with Gasteiger partial charge in [-0.15, -0.1) is 12.8 Å². The molecular weight excluding hydrogens is 368 g/mol. The number of benzene rings is 3. The van der Waals surface area contributed by atoms with Gasteiger partial charge in [-0.25, -0.2) is 0 Å². The number of hydrogen-bond donors (Lipinski definition) is 2. The van der Waals surface area contributed by atoms with E-state index in [0.29, 0.717) is 13.1 Å². The van der Waals surface area contributed by atoms with Gasteiger partial charge in [0.15, 0.2) is 0 Å². The van der Waals surface area contributed by atoms with Gasteiger partial charge in [0.2, 0.25) is 0 Å². The van der Waals surface area contributed by atoms with E-state index in [1.807, 2.05) is 18.2 Å². The molecule has 2 N–H and O–H groups in total. The minimum Gasteiger partial charge on any atom is -0.497 e. The number of hydrogen-bond acceptors (Lipinski definition) is 3. The van der Waals surface area contributed by atoms with Crippen LogP contribution in [-0.2, 0) is 0 Å². The first-order valence-electron chi connectivity index (χ1n) is 10.1. The van der Waals surface area contributed by atoms with Crippen molar-refractivity contribution in [2.45, 2.75) is 25.9 Å². The number of ether oxygens (including phenoxy) is 1. The molecule has 0 aliphatic carbocycles. The normalized spacial score (nSPS) is 12.0. The van der Waals surface area contributed by atoms with E-state index in [9.17, 15) is 0 Å². The summed E-state index contributed by atoms with van der Waals surface area (Å²) in [6.45, 7) is 5.40. The highest BCUT2D eigenvalue weighted by molar-refractivity contribution is 5.86. The Hall–Kier alpha value is -3.24. The summed E-state index contributed by atoms with van der Waals surface area (Å²) >= 11 is 0. The summed E-state index contributed by atoms with van der Waals surface area (Å²) in [6.07, 6.45) is 10.4. The molecule has 3 aromatic rings. The molecule has 0 saturated heterocycles. The van der Waals surface area contributed by atoms with Crippen LogP contribution in [0.1, 0.15) is 37.1 Å². The zero-order valence-electron chi connectivity index (χ0n) is 18.0. The smallest absolute Gasteiger partial charge is 0.119 e. The molecule has 3 heteroatoms. The standard InChI is InChI=1S/C15H15N.C12H15NO/c1-3-11-16-12(2)14-10-6-8-13-7-4-5-9-15(13)14;1-4-8-13-10(2)11-6-5-7-12(9-11)14-3/h1,4-10,12,16H,11H2,2H3;1,5-7,9-10,13H,8H2,2-3H3. The molecule has 0 saturated carbocycles. The van der Waals surface area contributed by atoms with Crippen LogP contribution in [0.4, 0.5) is 0 Å². The van der Waals surface area contributed by atoms with E-state index in [1.54, 1.807) is 7.11 Å². The molecule has 0 bridgehead atoms. The Morgan fingerprint density at radius 1 is 0.833 bits per heavy atom. The van der Waals surface area contributed by atoms with Crippen LogP contribution in [0.3, 0.4) is 0 Å².